The summed E-state index contributed by atoms with van der Waals surface area (Å²) in [5, 5.41) is 7.98. The van der Waals surface area contributed by atoms with Gasteiger partial charge in [-0.25, -0.2) is 9.59 Å². The third-order valence-electron chi connectivity index (χ3n) is 2.82. The number of rotatable bonds is 5. The Balaban J connectivity index is 1.80. The molecule has 3 amide bonds. The lowest BCUT2D eigenvalue weighted by Gasteiger charge is -2.09. The fraction of sp³-hybridized carbons (Fsp3) is 0.188. The van der Waals surface area contributed by atoms with Gasteiger partial charge in [-0.15, -0.1) is 0 Å². The molecule has 2 rings (SSSR count). The molecule has 3 N–H and O–H groups in total. The molecule has 7 nitrogen and oxygen atoms in total. The maximum Gasteiger partial charge on any atom is 0.411 e. The van der Waals surface area contributed by atoms with Crippen molar-refractivity contribution in [2.75, 3.05) is 17.2 Å². The van der Waals surface area contributed by atoms with Crippen molar-refractivity contribution in [3.8, 4) is 0 Å². The summed E-state index contributed by atoms with van der Waals surface area (Å²) >= 11 is 0. The quantitative estimate of drug-likeness (QED) is 0.791. The Bertz CT molecular complexity index is 644. The monoisotopic (exact) mass is 314 g/mol. The molecule has 0 atom stereocenters. The molecule has 0 radical (unpaired) electrons. The molecule has 0 spiro atoms. The number of hydrogen-bond donors (Lipinski definition) is 3. The van der Waals surface area contributed by atoms with Crippen LogP contribution in [-0.4, -0.2) is 23.7 Å². The zero-order valence-corrected chi connectivity index (χ0v) is 12.7. The third kappa shape index (κ3) is 5.66. The molecule has 1 aromatic heterocycles. The average molecular weight is 314 g/mol. The fourth-order valence-electron chi connectivity index (χ4n) is 1.77. The van der Waals surface area contributed by atoms with Crippen LogP contribution in [0.1, 0.15) is 12.6 Å². The second-order valence-corrected chi connectivity index (χ2v) is 4.55. The predicted molar refractivity (Wildman–Crippen MR) is 87.2 cm³/mol. The lowest BCUT2D eigenvalue weighted by molar-refractivity contribution is 0.168. The molecule has 1 aromatic carbocycles. The van der Waals surface area contributed by atoms with Crippen LogP contribution in [0.5, 0.6) is 0 Å². The molecular formula is C16H18N4O3. The molecule has 0 saturated heterocycles. The van der Waals surface area contributed by atoms with Crippen molar-refractivity contribution in [1.29, 1.82) is 0 Å². The number of carbonyl (C=O) groups is 2. The van der Waals surface area contributed by atoms with Gasteiger partial charge in [0.15, 0.2) is 0 Å². The summed E-state index contributed by atoms with van der Waals surface area (Å²) in [6.45, 7) is 2.38. The van der Waals surface area contributed by atoms with Crippen molar-refractivity contribution >= 4 is 23.5 Å². The van der Waals surface area contributed by atoms with Crippen LogP contribution < -0.4 is 16.0 Å². The summed E-state index contributed by atoms with van der Waals surface area (Å²) in [6.07, 6.45) is 1.16. The van der Waals surface area contributed by atoms with Gasteiger partial charge >= 0.3 is 12.1 Å². The Morgan fingerprint density at radius 2 is 1.74 bits per heavy atom. The van der Waals surface area contributed by atoms with E-state index in [1.54, 1.807) is 37.4 Å². The molecule has 0 aliphatic rings. The molecule has 0 aliphatic heterocycles. The van der Waals surface area contributed by atoms with E-state index in [2.05, 4.69) is 20.9 Å². The number of ether oxygens (including phenoxy) is 1. The largest absolute Gasteiger partial charge is 0.450 e. The van der Waals surface area contributed by atoms with Gasteiger partial charge in [0, 0.05) is 17.6 Å². The van der Waals surface area contributed by atoms with E-state index in [-0.39, 0.29) is 6.03 Å². The smallest absolute Gasteiger partial charge is 0.411 e. The van der Waals surface area contributed by atoms with Crippen LogP contribution in [0.3, 0.4) is 0 Å². The number of nitrogens with zero attached hydrogens (tertiary/aromatic N) is 1. The molecule has 0 bridgehead atoms. The topological polar surface area (TPSA) is 92.4 Å². The van der Waals surface area contributed by atoms with Crippen LogP contribution in [-0.2, 0) is 11.3 Å². The second kappa shape index (κ2) is 8.38. The molecule has 7 heteroatoms. The van der Waals surface area contributed by atoms with Gasteiger partial charge in [0.25, 0.3) is 0 Å². The Morgan fingerprint density at radius 1 is 1.04 bits per heavy atom. The first kappa shape index (κ1) is 16.3. The Hall–Kier alpha value is -3.09. The molecule has 0 fully saturated rings. The van der Waals surface area contributed by atoms with Crippen LogP contribution in [0, 0.1) is 0 Å². The molecule has 0 unspecified atom stereocenters. The first-order valence-electron chi connectivity index (χ1n) is 7.16. The van der Waals surface area contributed by atoms with Gasteiger partial charge in [0.1, 0.15) is 0 Å². The van der Waals surface area contributed by atoms with Crippen LogP contribution in [0.25, 0.3) is 0 Å². The molecule has 2 aromatic rings. The lowest BCUT2D eigenvalue weighted by atomic mass is 10.3. The van der Waals surface area contributed by atoms with Crippen LogP contribution in [0.4, 0.5) is 21.0 Å². The lowest BCUT2D eigenvalue weighted by Crippen LogP contribution is -2.28. The van der Waals surface area contributed by atoms with E-state index in [4.69, 9.17) is 4.74 Å². The first-order valence-corrected chi connectivity index (χ1v) is 7.16. The third-order valence-corrected chi connectivity index (χ3v) is 2.82. The first-order chi connectivity index (χ1) is 11.2. The van der Waals surface area contributed by atoms with Crippen LogP contribution in [0.2, 0.25) is 0 Å². The van der Waals surface area contributed by atoms with E-state index in [0.717, 1.165) is 5.69 Å². The summed E-state index contributed by atoms with van der Waals surface area (Å²) in [5.74, 6) is 0. The minimum absolute atomic E-state index is 0.307. The van der Waals surface area contributed by atoms with Gasteiger partial charge in [0.2, 0.25) is 0 Å². The van der Waals surface area contributed by atoms with Gasteiger partial charge in [-0.2, -0.15) is 0 Å². The SMILES string of the molecule is CCOC(=O)Nc1ccc(NC(=O)NCc2ccccn2)cc1. The molecule has 1 heterocycles. The Labute approximate surface area is 134 Å². The maximum atomic E-state index is 11.8. The molecular weight excluding hydrogens is 296 g/mol. The summed E-state index contributed by atoms with van der Waals surface area (Å²) in [6, 6.07) is 11.9. The van der Waals surface area contributed by atoms with Crippen molar-refractivity contribution in [3.63, 3.8) is 0 Å². The maximum absolute atomic E-state index is 11.8. The van der Waals surface area contributed by atoms with E-state index >= 15 is 0 Å². The number of hydrogen-bond acceptors (Lipinski definition) is 4. The number of amides is 3. The highest BCUT2D eigenvalue weighted by molar-refractivity contribution is 5.90. The van der Waals surface area contributed by atoms with Crippen molar-refractivity contribution in [1.82, 2.24) is 10.3 Å². The molecule has 0 aliphatic carbocycles. The van der Waals surface area contributed by atoms with E-state index in [1.165, 1.54) is 0 Å². The highest BCUT2D eigenvalue weighted by Gasteiger charge is 2.04. The minimum atomic E-state index is -0.513. The summed E-state index contributed by atoms with van der Waals surface area (Å²) in [4.78, 5) is 27.2. The zero-order chi connectivity index (χ0) is 16.5. The summed E-state index contributed by atoms with van der Waals surface area (Å²) in [5.41, 5.74) is 1.97. The van der Waals surface area contributed by atoms with Gasteiger partial charge in [-0.05, 0) is 43.3 Å². The van der Waals surface area contributed by atoms with E-state index in [0.29, 0.717) is 24.5 Å². The van der Waals surface area contributed by atoms with E-state index < -0.39 is 6.09 Å². The number of carbonyl (C=O) groups excluding carboxylic acids is 2. The number of anilines is 2. The number of urea groups is 1. The van der Waals surface area contributed by atoms with Crippen LogP contribution >= 0.6 is 0 Å². The molecule has 120 valence electrons. The normalized spacial score (nSPS) is 9.78. The second-order valence-electron chi connectivity index (χ2n) is 4.55. The van der Waals surface area contributed by atoms with Crippen LogP contribution in [0.15, 0.2) is 48.7 Å². The highest BCUT2D eigenvalue weighted by atomic mass is 16.5. The average Bonchev–Trinajstić information content (AvgIpc) is 2.56. The van der Waals surface area contributed by atoms with Crippen molar-refractivity contribution in [3.05, 3.63) is 54.4 Å². The fourth-order valence-corrected chi connectivity index (χ4v) is 1.77. The predicted octanol–water partition coefficient (Wildman–Crippen LogP) is 2.97. The summed E-state index contributed by atoms with van der Waals surface area (Å²) < 4.78 is 4.78. The van der Waals surface area contributed by atoms with Gasteiger partial charge in [-0.1, -0.05) is 6.07 Å². The minimum Gasteiger partial charge on any atom is -0.450 e. The van der Waals surface area contributed by atoms with Gasteiger partial charge in [0.05, 0.1) is 18.8 Å². The van der Waals surface area contributed by atoms with Crippen molar-refractivity contribution < 1.29 is 14.3 Å². The Kier molecular flexibility index (Phi) is 5.93. The Morgan fingerprint density at radius 3 is 2.35 bits per heavy atom. The number of aromatic nitrogens is 1. The molecule has 0 saturated carbocycles. The van der Waals surface area contributed by atoms with Gasteiger partial charge in [-0.3, -0.25) is 10.3 Å². The standard InChI is InChI=1S/C16H18N4O3/c1-2-23-16(22)20-13-8-6-12(7-9-13)19-15(21)18-11-14-5-3-4-10-17-14/h3-10H,2,11H2,1H3,(H,20,22)(H2,18,19,21). The number of pyridine rings is 1. The zero-order valence-electron chi connectivity index (χ0n) is 12.7. The van der Waals surface area contributed by atoms with E-state index in [1.807, 2.05) is 18.2 Å². The van der Waals surface area contributed by atoms with Gasteiger partial charge < -0.3 is 15.4 Å². The number of nitrogens with one attached hydrogen (secondary N) is 3. The van der Waals surface area contributed by atoms with E-state index in [9.17, 15) is 9.59 Å². The number of benzene rings is 1. The highest BCUT2D eigenvalue weighted by Crippen LogP contribution is 2.13. The molecule has 23 heavy (non-hydrogen) atoms. The van der Waals surface area contributed by atoms with Crippen molar-refractivity contribution in [2.45, 2.75) is 13.5 Å². The van der Waals surface area contributed by atoms with Crippen molar-refractivity contribution in [2.24, 2.45) is 0 Å². The summed E-state index contributed by atoms with van der Waals surface area (Å²) in [7, 11) is 0.